The first kappa shape index (κ1) is 18.3. The number of aryl methyl sites for hydroxylation is 3. The number of nitrogens with one attached hydrogen (secondary N) is 2. The number of nitrogens with zero attached hydrogens (tertiary/aromatic N) is 2. The van der Waals surface area contributed by atoms with Gasteiger partial charge in [0.15, 0.2) is 0 Å². The molecule has 0 aliphatic carbocycles. The summed E-state index contributed by atoms with van der Waals surface area (Å²) in [7, 11) is 0. The normalized spacial score (nSPS) is 11.1. The number of amides is 2. The second-order valence-corrected chi connectivity index (χ2v) is 7.02. The van der Waals surface area contributed by atoms with Gasteiger partial charge >= 0.3 is 0 Å². The molecule has 0 atom stereocenters. The van der Waals surface area contributed by atoms with Crippen LogP contribution in [0.25, 0.3) is 10.2 Å². The summed E-state index contributed by atoms with van der Waals surface area (Å²) in [5.74, 6) is 0.594. The number of hydrogen-bond acceptors (Lipinski definition) is 5. The fourth-order valence-corrected chi connectivity index (χ4v) is 3.58. The van der Waals surface area contributed by atoms with Crippen molar-refractivity contribution in [2.75, 3.05) is 13.1 Å². The largest absolute Gasteiger partial charge is 0.354 e. The van der Waals surface area contributed by atoms with Gasteiger partial charge in [-0.2, -0.15) is 0 Å². The van der Waals surface area contributed by atoms with E-state index < -0.39 is 0 Å². The van der Waals surface area contributed by atoms with Crippen LogP contribution < -0.4 is 10.6 Å². The fourth-order valence-electron chi connectivity index (χ4n) is 2.42. The van der Waals surface area contributed by atoms with Gasteiger partial charge in [-0.25, -0.2) is 9.97 Å². The molecule has 2 N–H and O–H groups in total. The molecule has 130 valence electrons. The molecular formula is C17H24N4O2S. The number of aromatic nitrogens is 2. The molecule has 0 unspecified atom stereocenters. The Balaban J connectivity index is 2.08. The summed E-state index contributed by atoms with van der Waals surface area (Å²) in [4.78, 5) is 34.4. The van der Waals surface area contributed by atoms with Gasteiger partial charge in [0.2, 0.25) is 5.91 Å². The molecule has 0 saturated carbocycles. The van der Waals surface area contributed by atoms with E-state index in [1.807, 2.05) is 34.6 Å². The molecule has 0 aromatic carbocycles. The van der Waals surface area contributed by atoms with Gasteiger partial charge in [0.1, 0.15) is 10.7 Å². The Morgan fingerprint density at radius 1 is 1.12 bits per heavy atom. The maximum absolute atomic E-state index is 12.4. The van der Waals surface area contributed by atoms with E-state index in [1.54, 1.807) is 0 Å². The highest BCUT2D eigenvalue weighted by atomic mass is 32.1. The predicted octanol–water partition coefficient (Wildman–Crippen LogP) is 2.37. The lowest BCUT2D eigenvalue weighted by atomic mass is 10.1. The van der Waals surface area contributed by atoms with Gasteiger partial charge < -0.3 is 10.6 Å². The van der Waals surface area contributed by atoms with Crippen molar-refractivity contribution in [2.24, 2.45) is 5.92 Å². The van der Waals surface area contributed by atoms with E-state index in [1.165, 1.54) is 11.3 Å². The third-order valence-corrected chi connectivity index (χ3v) is 4.96. The van der Waals surface area contributed by atoms with E-state index in [2.05, 4.69) is 20.6 Å². The second-order valence-electron chi connectivity index (χ2n) is 6.02. The zero-order valence-electron chi connectivity index (χ0n) is 14.8. The summed E-state index contributed by atoms with van der Waals surface area (Å²) >= 11 is 1.39. The van der Waals surface area contributed by atoms with Crippen LogP contribution in [-0.2, 0) is 11.2 Å². The molecule has 0 aliphatic heterocycles. The van der Waals surface area contributed by atoms with Crippen molar-refractivity contribution in [3.8, 4) is 0 Å². The molecule has 0 radical (unpaired) electrons. The lowest BCUT2D eigenvalue weighted by Crippen LogP contribution is -2.36. The Kier molecular flexibility index (Phi) is 5.88. The van der Waals surface area contributed by atoms with Crippen LogP contribution >= 0.6 is 11.3 Å². The number of hydrogen-bond donors (Lipinski definition) is 2. The molecule has 2 aromatic rings. The third kappa shape index (κ3) is 3.90. The average molecular weight is 348 g/mol. The van der Waals surface area contributed by atoms with E-state index in [0.717, 1.165) is 33.7 Å². The SMILES string of the molecule is CCc1nc(C)c2c(C)c(C(=O)NCCNC(=O)C(C)C)sc2n1. The van der Waals surface area contributed by atoms with Crippen molar-refractivity contribution < 1.29 is 9.59 Å². The van der Waals surface area contributed by atoms with E-state index in [-0.39, 0.29) is 17.7 Å². The van der Waals surface area contributed by atoms with Crippen molar-refractivity contribution in [3.63, 3.8) is 0 Å². The van der Waals surface area contributed by atoms with Crippen LogP contribution in [0.5, 0.6) is 0 Å². The Hall–Kier alpha value is -2.02. The number of rotatable bonds is 6. The lowest BCUT2D eigenvalue weighted by molar-refractivity contribution is -0.123. The summed E-state index contributed by atoms with van der Waals surface area (Å²) in [5, 5.41) is 6.60. The molecule has 2 aromatic heterocycles. The van der Waals surface area contributed by atoms with Gasteiger partial charge in [-0.1, -0.05) is 20.8 Å². The Bertz CT molecular complexity index is 768. The third-order valence-electron chi connectivity index (χ3n) is 3.77. The van der Waals surface area contributed by atoms with Crippen molar-refractivity contribution in [2.45, 2.75) is 41.0 Å². The van der Waals surface area contributed by atoms with Crippen molar-refractivity contribution >= 4 is 33.4 Å². The summed E-state index contributed by atoms with van der Waals surface area (Å²) in [5.41, 5.74) is 1.83. The highest BCUT2D eigenvalue weighted by Crippen LogP contribution is 2.31. The van der Waals surface area contributed by atoms with E-state index in [4.69, 9.17) is 0 Å². The number of carbonyl (C=O) groups is 2. The summed E-state index contributed by atoms with van der Waals surface area (Å²) < 4.78 is 0. The summed E-state index contributed by atoms with van der Waals surface area (Å²) in [6, 6.07) is 0. The molecule has 0 spiro atoms. The second kappa shape index (κ2) is 7.70. The molecule has 0 aliphatic rings. The van der Waals surface area contributed by atoms with Crippen LogP contribution in [-0.4, -0.2) is 34.9 Å². The van der Waals surface area contributed by atoms with E-state index >= 15 is 0 Å². The molecular weight excluding hydrogens is 324 g/mol. The van der Waals surface area contributed by atoms with Crippen LogP contribution in [0.2, 0.25) is 0 Å². The molecule has 2 heterocycles. The highest BCUT2D eigenvalue weighted by molar-refractivity contribution is 7.20. The molecule has 0 saturated heterocycles. The van der Waals surface area contributed by atoms with Gasteiger partial charge in [-0.3, -0.25) is 9.59 Å². The number of carbonyl (C=O) groups excluding carboxylic acids is 2. The monoisotopic (exact) mass is 348 g/mol. The number of fused-ring (bicyclic) bond motifs is 1. The molecule has 0 fully saturated rings. The fraction of sp³-hybridized carbons (Fsp3) is 0.529. The predicted molar refractivity (Wildman–Crippen MR) is 96.4 cm³/mol. The first-order valence-electron chi connectivity index (χ1n) is 8.17. The van der Waals surface area contributed by atoms with Gasteiger partial charge in [0.25, 0.3) is 5.91 Å². The van der Waals surface area contributed by atoms with E-state index in [9.17, 15) is 9.59 Å². The Labute approximate surface area is 146 Å². The minimum atomic E-state index is -0.133. The van der Waals surface area contributed by atoms with Crippen LogP contribution in [0.4, 0.5) is 0 Å². The lowest BCUT2D eigenvalue weighted by Gasteiger charge is -2.08. The summed E-state index contributed by atoms with van der Waals surface area (Å²) in [6.45, 7) is 10.4. The molecule has 2 rings (SSSR count). The van der Waals surface area contributed by atoms with Crippen LogP contribution in [0.15, 0.2) is 0 Å². The Morgan fingerprint density at radius 3 is 2.42 bits per heavy atom. The maximum atomic E-state index is 12.4. The van der Waals surface area contributed by atoms with Gasteiger partial charge in [-0.05, 0) is 19.4 Å². The molecule has 24 heavy (non-hydrogen) atoms. The van der Waals surface area contributed by atoms with Gasteiger partial charge in [-0.15, -0.1) is 11.3 Å². The first-order valence-corrected chi connectivity index (χ1v) is 8.99. The minimum absolute atomic E-state index is 0.0136. The standard InChI is InChI=1S/C17H24N4O2S/c1-6-12-20-11(5)13-10(4)14(24-17(13)21-12)16(23)19-8-7-18-15(22)9(2)3/h9H,6-8H2,1-5H3,(H,18,22)(H,19,23). The topological polar surface area (TPSA) is 84.0 Å². The number of thiophene rings is 1. The smallest absolute Gasteiger partial charge is 0.261 e. The van der Waals surface area contributed by atoms with Crippen molar-refractivity contribution in [1.29, 1.82) is 0 Å². The van der Waals surface area contributed by atoms with Crippen molar-refractivity contribution in [3.05, 3.63) is 22.0 Å². The van der Waals surface area contributed by atoms with Gasteiger partial charge in [0, 0.05) is 36.5 Å². The van der Waals surface area contributed by atoms with Crippen LogP contribution in [0, 0.1) is 19.8 Å². The van der Waals surface area contributed by atoms with E-state index in [0.29, 0.717) is 18.0 Å². The maximum Gasteiger partial charge on any atom is 0.261 e. The summed E-state index contributed by atoms with van der Waals surface area (Å²) in [6.07, 6.45) is 0.769. The zero-order chi connectivity index (χ0) is 17.9. The van der Waals surface area contributed by atoms with Crippen LogP contribution in [0.1, 0.15) is 47.5 Å². The molecule has 7 heteroatoms. The molecule has 6 nitrogen and oxygen atoms in total. The minimum Gasteiger partial charge on any atom is -0.354 e. The first-order chi connectivity index (χ1) is 11.3. The van der Waals surface area contributed by atoms with Gasteiger partial charge in [0.05, 0.1) is 4.88 Å². The zero-order valence-corrected chi connectivity index (χ0v) is 15.6. The molecule has 2 amide bonds. The Morgan fingerprint density at radius 2 is 1.79 bits per heavy atom. The quantitative estimate of drug-likeness (QED) is 0.785. The van der Waals surface area contributed by atoms with Crippen LogP contribution in [0.3, 0.4) is 0 Å². The molecule has 0 bridgehead atoms. The average Bonchev–Trinajstić information content (AvgIpc) is 2.88. The van der Waals surface area contributed by atoms with Crippen molar-refractivity contribution in [1.82, 2.24) is 20.6 Å². The highest BCUT2D eigenvalue weighted by Gasteiger charge is 2.18.